The van der Waals surface area contributed by atoms with Crippen molar-refractivity contribution in [3.05, 3.63) is 12.2 Å². The van der Waals surface area contributed by atoms with E-state index in [0.29, 0.717) is 5.92 Å². The summed E-state index contributed by atoms with van der Waals surface area (Å²) in [7, 11) is 0. The minimum atomic E-state index is -0.584. The third-order valence-corrected chi connectivity index (χ3v) is 4.61. The first-order valence-electron chi connectivity index (χ1n) is 6.99. The van der Waals surface area contributed by atoms with E-state index in [1.807, 2.05) is 0 Å². The van der Waals surface area contributed by atoms with E-state index in [-0.39, 0.29) is 11.5 Å². The molecule has 0 spiro atoms. The van der Waals surface area contributed by atoms with Gasteiger partial charge in [0.05, 0.1) is 12.2 Å². The minimum Gasteiger partial charge on any atom is -0.387 e. The SMILES string of the molecule is CC/C=C\C[C@H]1C(C)(C)CCC[C@]1(O)[C@@H]1CO1. The summed E-state index contributed by atoms with van der Waals surface area (Å²) in [5.41, 5.74) is -0.364. The fourth-order valence-corrected chi connectivity index (χ4v) is 3.50. The summed E-state index contributed by atoms with van der Waals surface area (Å²) in [5, 5.41) is 10.9. The van der Waals surface area contributed by atoms with Gasteiger partial charge in [-0.2, -0.15) is 0 Å². The van der Waals surface area contributed by atoms with Gasteiger partial charge in [0.25, 0.3) is 0 Å². The van der Waals surface area contributed by atoms with E-state index < -0.39 is 5.60 Å². The number of rotatable bonds is 4. The van der Waals surface area contributed by atoms with Crippen LogP contribution in [0.25, 0.3) is 0 Å². The minimum absolute atomic E-state index is 0.0992. The lowest BCUT2D eigenvalue weighted by atomic mass is 9.59. The van der Waals surface area contributed by atoms with Crippen LogP contribution in [0.2, 0.25) is 0 Å². The number of hydrogen-bond acceptors (Lipinski definition) is 2. The molecule has 0 aromatic carbocycles. The molecule has 1 N–H and O–H groups in total. The normalized spacial score (nSPS) is 40.7. The molecule has 3 atom stereocenters. The smallest absolute Gasteiger partial charge is 0.110 e. The zero-order valence-electron chi connectivity index (χ0n) is 11.4. The Morgan fingerprint density at radius 1 is 1.29 bits per heavy atom. The average Bonchev–Trinajstić information content (AvgIpc) is 3.06. The predicted octanol–water partition coefficient (Wildman–Crippen LogP) is 3.30. The van der Waals surface area contributed by atoms with Crippen molar-refractivity contribution < 1.29 is 9.84 Å². The number of allylic oxidation sites excluding steroid dienone is 2. The van der Waals surface area contributed by atoms with Gasteiger partial charge < -0.3 is 9.84 Å². The van der Waals surface area contributed by atoms with E-state index in [4.69, 9.17) is 4.74 Å². The van der Waals surface area contributed by atoms with Gasteiger partial charge in [-0.1, -0.05) is 32.9 Å². The topological polar surface area (TPSA) is 32.8 Å². The number of epoxide rings is 1. The molecule has 1 saturated carbocycles. The summed E-state index contributed by atoms with van der Waals surface area (Å²) in [6.07, 6.45) is 9.85. The molecule has 0 unspecified atom stereocenters. The first-order chi connectivity index (χ1) is 8.00. The van der Waals surface area contributed by atoms with Crippen molar-refractivity contribution in [1.82, 2.24) is 0 Å². The summed E-state index contributed by atoms with van der Waals surface area (Å²) in [6.45, 7) is 7.49. The Kier molecular flexibility index (Phi) is 3.65. The van der Waals surface area contributed by atoms with Crippen LogP contribution in [0.4, 0.5) is 0 Å². The maximum Gasteiger partial charge on any atom is 0.110 e. The second-order valence-corrected chi connectivity index (χ2v) is 6.32. The third kappa shape index (κ3) is 2.58. The molecule has 1 saturated heterocycles. The predicted molar refractivity (Wildman–Crippen MR) is 69.9 cm³/mol. The summed E-state index contributed by atoms with van der Waals surface area (Å²) in [6, 6.07) is 0. The molecule has 17 heavy (non-hydrogen) atoms. The maximum absolute atomic E-state index is 10.9. The van der Waals surface area contributed by atoms with E-state index in [9.17, 15) is 5.11 Å². The van der Waals surface area contributed by atoms with Crippen LogP contribution in [0.15, 0.2) is 12.2 Å². The quantitative estimate of drug-likeness (QED) is 0.602. The van der Waals surface area contributed by atoms with E-state index in [2.05, 4.69) is 32.9 Å². The Morgan fingerprint density at radius 3 is 2.59 bits per heavy atom. The van der Waals surface area contributed by atoms with Crippen molar-refractivity contribution in [3.8, 4) is 0 Å². The molecule has 1 aliphatic carbocycles. The molecule has 0 amide bonds. The molecule has 1 aliphatic heterocycles. The van der Waals surface area contributed by atoms with Crippen molar-refractivity contribution >= 4 is 0 Å². The molecule has 0 radical (unpaired) electrons. The lowest BCUT2D eigenvalue weighted by Gasteiger charge is -2.49. The molecule has 2 rings (SSSR count). The van der Waals surface area contributed by atoms with Gasteiger partial charge in [0.2, 0.25) is 0 Å². The number of ether oxygens (including phenoxy) is 1. The van der Waals surface area contributed by atoms with Gasteiger partial charge in [-0.25, -0.2) is 0 Å². The standard InChI is InChI=1S/C15H26O2/c1-4-5-6-8-12-14(2,3)9-7-10-15(12,16)13-11-17-13/h5-6,12-13,16H,4,7-11H2,1-3H3/b6-5-/t12-,13-,15+/m0/s1. The van der Waals surface area contributed by atoms with Crippen LogP contribution in [0.3, 0.4) is 0 Å². The van der Waals surface area contributed by atoms with Crippen molar-refractivity contribution in [1.29, 1.82) is 0 Å². The van der Waals surface area contributed by atoms with Gasteiger partial charge in [0.1, 0.15) is 6.10 Å². The van der Waals surface area contributed by atoms with Crippen molar-refractivity contribution in [2.75, 3.05) is 6.61 Å². The van der Waals surface area contributed by atoms with Crippen LogP contribution in [0, 0.1) is 11.3 Å². The van der Waals surface area contributed by atoms with E-state index >= 15 is 0 Å². The van der Waals surface area contributed by atoms with E-state index in [1.165, 1.54) is 6.42 Å². The highest BCUT2D eigenvalue weighted by molar-refractivity contribution is 5.08. The molecule has 0 aromatic rings. The molecule has 2 aliphatic rings. The summed E-state index contributed by atoms with van der Waals surface area (Å²) in [5.74, 6) is 0.332. The first-order valence-corrected chi connectivity index (χ1v) is 6.99. The average molecular weight is 238 g/mol. The summed E-state index contributed by atoms with van der Waals surface area (Å²) in [4.78, 5) is 0. The van der Waals surface area contributed by atoms with Gasteiger partial charge in [-0.15, -0.1) is 0 Å². The highest BCUT2D eigenvalue weighted by Gasteiger charge is 2.56. The van der Waals surface area contributed by atoms with Gasteiger partial charge in [0, 0.05) is 0 Å². The Bertz CT molecular complexity index is 291. The first kappa shape index (κ1) is 13.1. The van der Waals surface area contributed by atoms with Gasteiger partial charge in [-0.3, -0.25) is 0 Å². The number of aliphatic hydroxyl groups is 1. The molecule has 2 fully saturated rings. The lowest BCUT2D eigenvalue weighted by Crippen LogP contribution is -2.52. The van der Waals surface area contributed by atoms with E-state index in [1.54, 1.807) is 0 Å². The fourth-order valence-electron chi connectivity index (χ4n) is 3.50. The highest BCUT2D eigenvalue weighted by Crippen LogP contribution is 2.52. The highest BCUT2D eigenvalue weighted by atomic mass is 16.6. The Balaban J connectivity index is 2.14. The van der Waals surface area contributed by atoms with Crippen LogP contribution < -0.4 is 0 Å². The van der Waals surface area contributed by atoms with Crippen LogP contribution in [0.1, 0.15) is 52.9 Å². The zero-order chi connectivity index (χ0) is 12.5. The monoisotopic (exact) mass is 238 g/mol. The maximum atomic E-state index is 10.9. The van der Waals surface area contributed by atoms with Crippen LogP contribution in [0.5, 0.6) is 0 Å². The summed E-state index contributed by atoms with van der Waals surface area (Å²) >= 11 is 0. The molecule has 0 aromatic heterocycles. The molecule has 1 heterocycles. The van der Waals surface area contributed by atoms with Crippen molar-refractivity contribution in [2.24, 2.45) is 11.3 Å². The Hall–Kier alpha value is -0.340. The third-order valence-electron chi connectivity index (χ3n) is 4.61. The molecular formula is C15H26O2. The second kappa shape index (κ2) is 4.74. The number of hydrogen-bond donors (Lipinski definition) is 1. The zero-order valence-corrected chi connectivity index (χ0v) is 11.4. The second-order valence-electron chi connectivity index (χ2n) is 6.32. The molecule has 2 nitrogen and oxygen atoms in total. The lowest BCUT2D eigenvalue weighted by molar-refractivity contribution is -0.115. The van der Waals surface area contributed by atoms with Crippen LogP contribution in [-0.4, -0.2) is 23.4 Å². The summed E-state index contributed by atoms with van der Waals surface area (Å²) < 4.78 is 5.41. The molecule has 2 heteroatoms. The Morgan fingerprint density at radius 2 is 2.00 bits per heavy atom. The molecular weight excluding hydrogens is 212 g/mol. The van der Waals surface area contributed by atoms with Crippen molar-refractivity contribution in [3.63, 3.8) is 0 Å². The Labute approximate surface area is 105 Å². The van der Waals surface area contributed by atoms with Crippen LogP contribution in [-0.2, 0) is 4.74 Å². The van der Waals surface area contributed by atoms with E-state index in [0.717, 1.165) is 32.3 Å². The molecule has 0 bridgehead atoms. The largest absolute Gasteiger partial charge is 0.387 e. The van der Waals surface area contributed by atoms with Crippen molar-refractivity contribution in [2.45, 2.75) is 64.6 Å². The van der Waals surface area contributed by atoms with Gasteiger partial charge in [0.15, 0.2) is 0 Å². The van der Waals surface area contributed by atoms with Gasteiger partial charge >= 0.3 is 0 Å². The molecule has 98 valence electrons. The fraction of sp³-hybridized carbons (Fsp3) is 0.867. The van der Waals surface area contributed by atoms with Gasteiger partial charge in [-0.05, 0) is 43.4 Å². The van der Waals surface area contributed by atoms with Crippen LogP contribution >= 0.6 is 0 Å².